The Morgan fingerprint density at radius 2 is 2.12 bits per heavy atom. The van der Waals surface area contributed by atoms with Gasteiger partial charge in [0.15, 0.2) is 0 Å². The van der Waals surface area contributed by atoms with Crippen LogP contribution in [0.2, 0.25) is 0 Å². The van der Waals surface area contributed by atoms with Crippen molar-refractivity contribution in [3.05, 3.63) is 6.92 Å². The number of halogens is 3. The first-order chi connectivity index (χ1) is 3.68. The zero-order valence-corrected chi connectivity index (χ0v) is 8.34. The van der Waals surface area contributed by atoms with Crippen molar-refractivity contribution in [1.82, 2.24) is 0 Å². The number of hydrogen-bond acceptors (Lipinski definition) is 0. The molecule has 0 aromatic carbocycles. The molecule has 0 amide bonds. The molecule has 0 fully saturated rings. The molecule has 0 saturated heterocycles. The van der Waals surface area contributed by atoms with Gasteiger partial charge in [0.05, 0.1) is 0 Å². The van der Waals surface area contributed by atoms with Crippen molar-refractivity contribution in [1.29, 1.82) is 0 Å². The Labute approximate surface area is 72.2 Å². The van der Waals surface area contributed by atoms with Crippen LogP contribution in [0, 0.1) is 6.92 Å². The lowest BCUT2D eigenvalue weighted by Crippen LogP contribution is -2.10. The van der Waals surface area contributed by atoms with E-state index < -0.39 is 0 Å². The first-order valence-corrected chi connectivity index (χ1v) is 4.83. The second-order valence-corrected chi connectivity index (χ2v) is 4.04. The summed E-state index contributed by atoms with van der Waals surface area (Å²) in [7, 11) is 0. The molecule has 0 heterocycles. The van der Waals surface area contributed by atoms with Gasteiger partial charge in [-0.1, -0.05) is 31.9 Å². The lowest BCUT2D eigenvalue weighted by molar-refractivity contribution is 0.868. The maximum atomic E-state index is 5.63. The van der Waals surface area contributed by atoms with Gasteiger partial charge in [0.1, 0.15) is 0 Å². The summed E-state index contributed by atoms with van der Waals surface area (Å²) < 4.78 is 0. The molecule has 0 saturated carbocycles. The van der Waals surface area contributed by atoms with Crippen LogP contribution in [0.4, 0.5) is 0 Å². The van der Waals surface area contributed by atoms with Crippen LogP contribution in [0.1, 0.15) is 6.42 Å². The zero-order valence-electron chi connectivity index (χ0n) is 4.41. The Morgan fingerprint density at radius 3 is 2.25 bits per heavy atom. The molecular weight excluding hydrogens is 255 g/mol. The van der Waals surface area contributed by atoms with Crippen molar-refractivity contribution in [2.75, 3.05) is 5.33 Å². The summed E-state index contributed by atoms with van der Waals surface area (Å²) in [5.74, 6) is 0. The van der Waals surface area contributed by atoms with Crippen molar-refractivity contribution in [3.63, 3.8) is 0 Å². The Kier molecular flexibility index (Phi) is 5.86. The summed E-state index contributed by atoms with van der Waals surface area (Å²) in [5, 5.41) is 0.953. The van der Waals surface area contributed by atoms with Crippen molar-refractivity contribution >= 4 is 43.5 Å². The average molecular weight is 263 g/mol. The van der Waals surface area contributed by atoms with Crippen molar-refractivity contribution < 1.29 is 0 Å². The summed E-state index contributed by atoms with van der Waals surface area (Å²) in [5.41, 5.74) is 0. The minimum atomic E-state index is -0.0208. The molecule has 3 heteroatoms. The summed E-state index contributed by atoms with van der Waals surface area (Å²) >= 11 is 12.3. The Bertz CT molecular complexity index is 56.4. The van der Waals surface area contributed by atoms with E-state index in [4.69, 9.17) is 11.6 Å². The molecule has 2 unspecified atom stereocenters. The lowest BCUT2D eigenvalue weighted by atomic mass is 10.3. The van der Waals surface area contributed by atoms with E-state index in [1.54, 1.807) is 0 Å². The predicted molar refractivity (Wildman–Crippen MR) is 46.1 cm³/mol. The largest absolute Gasteiger partial charge is 0.122 e. The molecule has 8 heavy (non-hydrogen) atoms. The Morgan fingerprint density at radius 1 is 1.62 bits per heavy atom. The smallest absolute Gasteiger partial charge is 0.0462 e. The predicted octanol–water partition coefficient (Wildman–Crippen LogP) is 2.98. The molecule has 0 nitrogen and oxygen atoms in total. The monoisotopic (exact) mass is 261 g/mol. The fourth-order valence-electron chi connectivity index (χ4n) is 0.285. The second-order valence-electron chi connectivity index (χ2n) is 1.51. The van der Waals surface area contributed by atoms with E-state index >= 15 is 0 Å². The highest BCUT2D eigenvalue weighted by atomic mass is 79.9. The van der Waals surface area contributed by atoms with Crippen LogP contribution in [-0.4, -0.2) is 15.5 Å². The van der Waals surface area contributed by atoms with Crippen LogP contribution in [0.5, 0.6) is 0 Å². The van der Waals surface area contributed by atoms with E-state index in [0.717, 1.165) is 11.8 Å². The number of alkyl halides is 3. The zero-order chi connectivity index (χ0) is 6.57. The first-order valence-electron chi connectivity index (χ1n) is 2.35. The van der Waals surface area contributed by atoms with E-state index in [9.17, 15) is 0 Å². The van der Waals surface area contributed by atoms with Crippen LogP contribution in [-0.2, 0) is 0 Å². The third kappa shape index (κ3) is 4.16. The summed E-state index contributed by atoms with van der Waals surface area (Å²) in [6, 6.07) is 0. The molecule has 0 aromatic rings. The van der Waals surface area contributed by atoms with Gasteiger partial charge in [0.2, 0.25) is 0 Å². The van der Waals surface area contributed by atoms with E-state index in [-0.39, 0.29) is 5.38 Å². The van der Waals surface area contributed by atoms with Gasteiger partial charge in [-0.3, -0.25) is 0 Å². The molecule has 1 radical (unpaired) electrons. The van der Waals surface area contributed by atoms with Crippen LogP contribution >= 0.6 is 43.5 Å². The summed E-state index contributed by atoms with van der Waals surface area (Å²) in [6.07, 6.45) is 1.03. The molecule has 0 rings (SSSR count). The fraction of sp³-hybridized carbons (Fsp3) is 0.800. The highest BCUT2D eigenvalue weighted by Gasteiger charge is 2.08. The van der Waals surface area contributed by atoms with E-state index in [1.807, 2.05) is 0 Å². The van der Waals surface area contributed by atoms with Gasteiger partial charge in [-0.2, -0.15) is 0 Å². The SMILES string of the molecule is [CH2]C(Cl)C(Br)CCBr. The van der Waals surface area contributed by atoms with Crippen molar-refractivity contribution in [2.24, 2.45) is 0 Å². The van der Waals surface area contributed by atoms with Crippen LogP contribution < -0.4 is 0 Å². The fourth-order valence-corrected chi connectivity index (χ4v) is 1.75. The molecule has 2 atom stereocenters. The summed E-state index contributed by atoms with van der Waals surface area (Å²) in [6.45, 7) is 3.65. The molecule has 0 bridgehead atoms. The molecule has 0 aromatic heterocycles. The van der Waals surface area contributed by atoms with Gasteiger partial charge in [0, 0.05) is 15.5 Å². The number of rotatable bonds is 3. The van der Waals surface area contributed by atoms with E-state index in [2.05, 4.69) is 38.8 Å². The lowest BCUT2D eigenvalue weighted by Gasteiger charge is -2.07. The van der Waals surface area contributed by atoms with Crippen LogP contribution in [0.3, 0.4) is 0 Å². The molecule has 0 spiro atoms. The highest BCUT2D eigenvalue weighted by molar-refractivity contribution is 9.10. The Balaban J connectivity index is 3.17. The Hall–Kier alpha value is 1.25. The maximum Gasteiger partial charge on any atom is 0.0462 e. The molecule has 0 aliphatic carbocycles. The van der Waals surface area contributed by atoms with E-state index in [0.29, 0.717) is 4.83 Å². The third-order valence-corrected chi connectivity index (χ3v) is 2.94. The summed E-state index contributed by atoms with van der Waals surface area (Å²) in [4.78, 5) is 0.337. The second kappa shape index (κ2) is 5.07. The molecule has 0 N–H and O–H groups in total. The van der Waals surface area contributed by atoms with Crippen molar-refractivity contribution in [2.45, 2.75) is 16.6 Å². The maximum absolute atomic E-state index is 5.63. The number of hydrogen-bond donors (Lipinski definition) is 0. The quantitative estimate of drug-likeness (QED) is 0.687. The third-order valence-electron chi connectivity index (χ3n) is 0.777. The van der Waals surface area contributed by atoms with Gasteiger partial charge >= 0.3 is 0 Å². The van der Waals surface area contributed by atoms with Crippen LogP contribution in [0.25, 0.3) is 0 Å². The molecular formula is C5H8Br2Cl. The average Bonchev–Trinajstić information content (AvgIpc) is 1.67. The van der Waals surface area contributed by atoms with Gasteiger partial charge in [0.25, 0.3) is 0 Å². The molecule has 0 aliphatic rings. The highest BCUT2D eigenvalue weighted by Crippen LogP contribution is 2.15. The minimum Gasteiger partial charge on any atom is -0.122 e. The normalized spacial score (nSPS) is 18.0. The van der Waals surface area contributed by atoms with Gasteiger partial charge in [-0.15, -0.1) is 11.6 Å². The topological polar surface area (TPSA) is 0 Å². The van der Waals surface area contributed by atoms with Gasteiger partial charge in [-0.05, 0) is 13.3 Å². The van der Waals surface area contributed by atoms with Crippen LogP contribution in [0.15, 0.2) is 0 Å². The first kappa shape index (κ1) is 9.25. The standard InChI is InChI=1S/C5H8Br2Cl/c1-4(8)5(7)2-3-6/h4-5H,1-3H2. The molecule has 49 valence electrons. The van der Waals surface area contributed by atoms with Crippen molar-refractivity contribution in [3.8, 4) is 0 Å². The van der Waals surface area contributed by atoms with Gasteiger partial charge < -0.3 is 0 Å². The van der Waals surface area contributed by atoms with Gasteiger partial charge in [-0.25, -0.2) is 0 Å². The van der Waals surface area contributed by atoms with E-state index in [1.165, 1.54) is 0 Å². The molecule has 0 aliphatic heterocycles. The minimum absolute atomic E-state index is 0.0208.